The first-order valence-electron chi connectivity index (χ1n) is 5.94. The number of benzene rings is 1. The second-order valence-corrected chi connectivity index (χ2v) is 3.76. The summed E-state index contributed by atoms with van der Waals surface area (Å²) >= 11 is 0. The first-order valence-corrected chi connectivity index (χ1v) is 5.94. The Hall–Kier alpha value is -1.90. The van der Waals surface area contributed by atoms with Crippen LogP contribution >= 0.6 is 0 Å². The highest BCUT2D eigenvalue weighted by Gasteiger charge is 2.05. The van der Waals surface area contributed by atoms with Crippen molar-refractivity contribution >= 4 is 11.6 Å². The zero-order chi connectivity index (χ0) is 14.1. The van der Waals surface area contributed by atoms with Crippen LogP contribution in [0.15, 0.2) is 18.2 Å². The van der Waals surface area contributed by atoms with Crippen molar-refractivity contribution < 1.29 is 19.0 Å². The van der Waals surface area contributed by atoms with Crippen molar-refractivity contribution in [1.29, 1.82) is 0 Å². The molecule has 1 rings (SSSR count). The standard InChI is InChI=1S/C14H16FNO3/c1-2-8-19-10-14(18)16-12-6-5-11(4-3-7-17)13(15)9-12/h5-6,9,17H,2,7-8,10H2,1H3,(H,16,18). The SMILES string of the molecule is CCCOCC(=O)Nc1ccc(C#CCO)c(F)c1. The monoisotopic (exact) mass is 265 g/mol. The minimum atomic E-state index is -0.548. The maximum absolute atomic E-state index is 13.6. The third-order valence-corrected chi connectivity index (χ3v) is 2.14. The average Bonchev–Trinajstić information content (AvgIpc) is 2.38. The topological polar surface area (TPSA) is 58.6 Å². The number of rotatable bonds is 5. The molecule has 19 heavy (non-hydrogen) atoms. The number of carbonyl (C=O) groups excluding carboxylic acids is 1. The first-order chi connectivity index (χ1) is 9.17. The lowest BCUT2D eigenvalue weighted by Crippen LogP contribution is -2.18. The number of hydrogen-bond donors (Lipinski definition) is 2. The van der Waals surface area contributed by atoms with E-state index in [0.29, 0.717) is 12.3 Å². The molecule has 0 aromatic heterocycles. The van der Waals surface area contributed by atoms with Gasteiger partial charge in [0.1, 0.15) is 19.0 Å². The van der Waals surface area contributed by atoms with E-state index in [1.54, 1.807) is 6.07 Å². The molecule has 1 aromatic rings. The van der Waals surface area contributed by atoms with Crippen molar-refractivity contribution in [3.05, 3.63) is 29.6 Å². The van der Waals surface area contributed by atoms with Gasteiger partial charge in [0.15, 0.2) is 0 Å². The average molecular weight is 265 g/mol. The maximum Gasteiger partial charge on any atom is 0.250 e. The fourth-order valence-corrected chi connectivity index (χ4v) is 1.34. The van der Waals surface area contributed by atoms with Crippen molar-refractivity contribution in [3.8, 4) is 11.8 Å². The van der Waals surface area contributed by atoms with Gasteiger partial charge in [-0.1, -0.05) is 18.8 Å². The van der Waals surface area contributed by atoms with Crippen LogP contribution in [0.1, 0.15) is 18.9 Å². The zero-order valence-electron chi connectivity index (χ0n) is 10.7. The number of aliphatic hydroxyl groups is 1. The molecule has 0 unspecified atom stereocenters. The Labute approximate surface area is 111 Å². The van der Waals surface area contributed by atoms with Crippen LogP contribution in [0.5, 0.6) is 0 Å². The van der Waals surface area contributed by atoms with Gasteiger partial charge >= 0.3 is 0 Å². The highest BCUT2D eigenvalue weighted by molar-refractivity contribution is 5.91. The van der Waals surface area contributed by atoms with Crippen LogP contribution in [0.4, 0.5) is 10.1 Å². The van der Waals surface area contributed by atoms with Gasteiger partial charge in [0.05, 0.1) is 5.56 Å². The Morgan fingerprint density at radius 1 is 1.53 bits per heavy atom. The third kappa shape index (κ3) is 5.51. The first kappa shape index (κ1) is 15.2. The molecule has 102 valence electrons. The summed E-state index contributed by atoms with van der Waals surface area (Å²) in [4.78, 5) is 11.4. The molecule has 0 aliphatic heterocycles. The molecule has 1 amide bonds. The van der Waals surface area contributed by atoms with Gasteiger partial charge in [-0.25, -0.2) is 4.39 Å². The van der Waals surface area contributed by atoms with Gasteiger partial charge in [0.25, 0.3) is 0 Å². The van der Waals surface area contributed by atoms with Crippen molar-refractivity contribution in [2.45, 2.75) is 13.3 Å². The number of aliphatic hydroxyl groups excluding tert-OH is 1. The second-order valence-electron chi connectivity index (χ2n) is 3.76. The normalized spacial score (nSPS) is 9.63. The van der Waals surface area contributed by atoms with Gasteiger partial charge in [-0.2, -0.15) is 0 Å². The molecule has 0 fully saturated rings. The zero-order valence-corrected chi connectivity index (χ0v) is 10.7. The summed E-state index contributed by atoms with van der Waals surface area (Å²) in [5.74, 6) is 3.95. The van der Waals surface area contributed by atoms with Gasteiger partial charge in [0.2, 0.25) is 5.91 Å². The van der Waals surface area contributed by atoms with Crippen LogP contribution in [0.3, 0.4) is 0 Å². The Morgan fingerprint density at radius 3 is 2.95 bits per heavy atom. The number of carbonyl (C=O) groups is 1. The lowest BCUT2D eigenvalue weighted by Gasteiger charge is -2.06. The lowest BCUT2D eigenvalue weighted by molar-refractivity contribution is -0.120. The second kappa shape index (κ2) is 8.25. The van der Waals surface area contributed by atoms with E-state index in [0.717, 1.165) is 6.42 Å². The lowest BCUT2D eigenvalue weighted by atomic mass is 10.2. The molecular formula is C14H16FNO3. The predicted molar refractivity (Wildman–Crippen MR) is 70.1 cm³/mol. The number of nitrogens with one attached hydrogen (secondary N) is 1. The van der Waals surface area contributed by atoms with Crippen molar-refractivity contribution in [3.63, 3.8) is 0 Å². The number of halogens is 1. The van der Waals surface area contributed by atoms with E-state index >= 15 is 0 Å². The summed E-state index contributed by atoms with van der Waals surface area (Å²) in [5.41, 5.74) is 0.520. The van der Waals surface area contributed by atoms with Crippen molar-refractivity contribution in [2.24, 2.45) is 0 Å². The van der Waals surface area contributed by atoms with E-state index in [2.05, 4.69) is 17.2 Å². The fourth-order valence-electron chi connectivity index (χ4n) is 1.34. The number of amides is 1. The van der Waals surface area contributed by atoms with Gasteiger partial charge in [-0.05, 0) is 24.6 Å². The van der Waals surface area contributed by atoms with Crippen molar-refractivity contribution in [2.75, 3.05) is 25.1 Å². The molecule has 0 saturated heterocycles. The summed E-state index contributed by atoms with van der Waals surface area (Å²) < 4.78 is 18.6. The molecule has 0 saturated carbocycles. The minimum Gasteiger partial charge on any atom is -0.384 e. The number of hydrogen-bond acceptors (Lipinski definition) is 3. The molecular weight excluding hydrogens is 249 g/mol. The Bertz CT molecular complexity index is 491. The molecule has 0 heterocycles. The summed E-state index contributed by atoms with van der Waals surface area (Å²) in [6, 6.07) is 4.17. The maximum atomic E-state index is 13.6. The Morgan fingerprint density at radius 2 is 2.32 bits per heavy atom. The van der Waals surface area contributed by atoms with Crippen LogP contribution in [-0.4, -0.2) is 30.8 Å². The quantitative estimate of drug-likeness (QED) is 0.627. The van der Waals surface area contributed by atoms with E-state index in [1.165, 1.54) is 12.1 Å². The molecule has 4 nitrogen and oxygen atoms in total. The van der Waals surface area contributed by atoms with E-state index in [-0.39, 0.29) is 24.7 Å². The molecule has 0 spiro atoms. The van der Waals surface area contributed by atoms with Gasteiger partial charge < -0.3 is 15.2 Å². The van der Waals surface area contributed by atoms with E-state index in [4.69, 9.17) is 9.84 Å². The van der Waals surface area contributed by atoms with E-state index in [9.17, 15) is 9.18 Å². The molecule has 0 aliphatic rings. The van der Waals surface area contributed by atoms with E-state index in [1.807, 2.05) is 6.92 Å². The Balaban J connectivity index is 2.60. The van der Waals surface area contributed by atoms with Crippen molar-refractivity contribution in [1.82, 2.24) is 0 Å². The predicted octanol–water partition coefficient (Wildman–Crippen LogP) is 1.53. The summed E-state index contributed by atoms with van der Waals surface area (Å²) in [6.07, 6.45) is 0.833. The molecule has 1 aromatic carbocycles. The van der Waals surface area contributed by atoms with Crippen LogP contribution < -0.4 is 5.32 Å². The molecule has 0 atom stereocenters. The third-order valence-electron chi connectivity index (χ3n) is 2.14. The summed E-state index contributed by atoms with van der Waals surface area (Å²) in [5, 5.41) is 11.1. The summed E-state index contributed by atoms with van der Waals surface area (Å²) in [7, 11) is 0. The molecule has 0 bridgehead atoms. The van der Waals surface area contributed by atoms with Crippen LogP contribution in [0, 0.1) is 17.7 Å². The highest BCUT2D eigenvalue weighted by atomic mass is 19.1. The smallest absolute Gasteiger partial charge is 0.250 e. The largest absolute Gasteiger partial charge is 0.384 e. The van der Waals surface area contributed by atoms with Gasteiger partial charge in [-0.3, -0.25) is 4.79 Å². The van der Waals surface area contributed by atoms with Crippen LogP contribution in [0.25, 0.3) is 0 Å². The van der Waals surface area contributed by atoms with Crippen LogP contribution in [0.2, 0.25) is 0 Å². The summed E-state index contributed by atoms with van der Waals surface area (Å²) in [6.45, 7) is 2.07. The molecule has 0 radical (unpaired) electrons. The number of anilines is 1. The van der Waals surface area contributed by atoms with Crippen LogP contribution in [-0.2, 0) is 9.53 Å². The van der Waals surface area contributed by atoms with E-state index < -0.39 is 5.82 Å². The van der Waals surface area contributed by atoms with Gasteiger partial charge in [-0.15, -0.1) is 0 Å². The van der Waals surface area contributed by atoms with Gasteiger partial charge in [0, 0.05) is 12.3 Å². The fraction of sp³-hybridized carbons (Fsp3) is 0.357. The molecule has 2 N–H and O–H groups in total. The highest BCUT2D eigenvalue weighted by Crippen LogP contribution is 2.13. The molecule has 0 aliphatic carbocycles. The number of ether oxygens (including phenoxy) is 1. The Kier molecular flexibility index (Phi) is 6.58. The molecule has 5 heteroatoms. The minimum absolute atomic E-state index is 0.0540.